The first-order chi connectivity index (χ1) is 10.2. The SMILES string of the molecule is COCCNCc1ccc(Cl)cc1Oc1cccc(Br)c1. The van der Waals surface area contributed by atoms with Crippen LogP contribution in [0.4, 0.5) is 0 Å². The van der Waals surface area contributed by atoms with Gasteiger partial charge >= 0.3 is 0 Å². The smallest absolute Gasteiger partial charge is 0.133 e. The molecule has 0 radical (unpaired) electrons. The molecule has 0 fully saturated rings. The zero-order chi connectivity index (χ0) is 15.1. The highest BCUT2D eigenvalue weighted by molar-refractivity contribution is 9.10. The molecule has 2 aromatic carbocycles. The summed E-state index contributed by atoms with van der Waals surface area (Å²) in [4.78, 5) is 0. The molecule has 0 saturated carbocycles. The van der Waals surface area contributed by atoms with Crippen LogP contribution in [0.2, 0.25) is 5.02 Å². The van der Waals surface area contributed by atoms with Crippen LogP contribution in [-0.4, -0.2) is 20.3 Å². The average Bonchev–Trinajstić information content (AvgIpc) is 2.45. The highest BCUT2D eigenvalue weighted by Gasteiger charge is 2.06. The van der Waals surface area contributed by atoms with Gasteiger partial charge in [0.1, 0.15) is 11.5 Å². The molecule has 0 amide bonds. The molecule has 0 atom stereocenters. The van der Waals surface area contributed by atoms with Crippen molar-refractivity contribution in [2.24, 2.45) is 0 Å². The number of halogens is 2. The Labute approximate surface area is 138 Å². The van der Waals surface area contributed by atoms with E-state index in [4.69, 9.17) is 21.1 Å². The Hall–Kier alpha value is -1.07. The van der Waals surface area contributed by atoms with E-state index in [0.29, 0.717) is 18.2 Å². The van der Waals surface area contributed by atoms with Crippen LogP contribution in [0.3, 0.4) is 0 Å². The molecule has 0 aliphatic carbocycles. The maximum Gasteiger partial charge on any atom is 0.133 e. The minimum absolute atomic E-state index is 0.653. The Bertz CT molecular complexity index is 592. The molecule has 2 aromatic rings. The van der Waals surface area contributed by atoms with E-state index >= 15 is 0 Å². The Kier molecular flexibility index (Phi) is 6.51. The number of ether oxygens (including phenoxy) is 2. The Morgan fingerprint density at radius 2 is 2.05 bits per heavy atom. The summed E-state index contributed by atoms with van der Waals surface area (Å²) in [5.41, 5.74) is 1.05. The average molecular weight is 371 g/mol. The van der Waals surface area contributed by atoms with Crippen molar-refractivity contribution in [1.29, 1.82) is 0 Å². The summed E-state index contributed by atoms with van der Waals surface area (Å²) < 4.78 is 11.9. The van der Waals surface area contributed by atoms with E-state index < -0.39 is 0 Å². The summed E-state index contributed by atoms with van der Waals surface area (Å²) in [5.74, 6) is 1.52. The van der Waals surface area contributed by atoms with Crippen LogP contribution in [0, 0.1) is 0 Å². The van der Waals surface area contributed by atoms with Crippen LogP contribution in [0.1, 0.15) is 5.56 Å². The van der Waals surface area contributed by atoms with E-state index in [0.717, 1.165) is 28.1 Å². The van der Waals surface area contributed by atoms with Gasteiger partial charge in [0.15, 0.2) is 0 Å². The monoisotopic (exact) mass is 369 g/mol. The molecular formula is C16H17BrClNO2. The Morgan fingerprint density at radius 1 is 1.19 bits per heavy atom. The van der Waals surface area contributed by atoms with Gasteiger partial charge in [0.2, 0.25) is 0 Å². The quantitative estimate of drug-likeness (QED) is 0.721. The molecule has 21 heavy (non-hydrogen) atoms. The number of nitrogens with one attached hydrogen (secondary N) is 1. The van der Waals surface area contributed by atoms with Gasteiger partial charge < -0.3 is 14.8 Å². The fourth-order valence-corrected chi connectivity index (χ4v) is 2.36. The second-order valence-corrected chi connectivity index (χ2v) is 5.83. The lowest BCUT2D eigenvalue weighted by Gasteiger charge is -2.12. The number of rotatable bonds is 7. The third-order valence-electron chi connectivity index (χ3n) is 2.85. The lowest BCUT2D eigenvalue weighted by Crippen LogP contribution is -2.18. The number of benzene rings is 2. The first kappa shape index (κ1) is 16.3. The second-order valence-electron chi connectivity index (χ2n) is 4.48. The highest BCUT2D eigenvalue weighted by Crippen LogP contribution is 2.29. The summed E-state index contributed by atoms with van der Waals surface area (Å²) in [6.07, 6.45) is 0. The third kappa shape index (κ3) is 5.32. The van der Waals surface area contributed by atoms with Crippen LogP contribution in [0.5, 0.6) is 11.5 Å². The minimum Gasteiger partial charge on any atom is -0.457 e. The summed E-state index contributed by atoms with van der Waals surface area (Å²) >= 11 is 9.50. The zero-order valence-electron chi connectivity index (χ0n) is 11.7. The largest absolute Gasteiger partial charge is 0.457 e. The van der Waals surface area contributed by atoms with Crippen LogP contribution < -0.4 is 10.1 Å². The van der Waals surface area contributed by atoms with Crippen LogP contribution in [-0.2, 0) is 11.3 Å². The molecule has 0 saturated heterocycles. The fourth-order valence-electron chi connectivity index (χ4n) is 1.82. The van der Waals surface area contributed by atoms with Crippen LogP contribution in [0.15, 0.2) is 46.9 Å². The molecule has 0 aromatic heterocycles. The van der Waals surface area contributed by atoms with Gasteiger partial charge in [-0.1, -0.05) is 39.7 Å². The third-order valence-corrected chi connectivity index (χ3v) is 3.58. The normalized spacial score (nSPS) is 10.6. The molecule has 1 N–H and O–H groups in total. The van der Waals surface area contributed by atoms with Gasteiger partial charge in [-0.3, -0.25) is 0 Å². The molecule has 0 unspecified atom stereocenters. The Morgan fingerprint density at radius 3 is 2.81 bits per heavy atom. The second kappa shape index (κ2) is 8.39. The van der Waals surface area contributed by atoms with Gasteiger partial charge in [-0.25, -0.2) is 0 Å². The van der Waals surface area contributed by atoms with Crippen molar-refractivity contribution < 1.29 is 9.47 Å². The highest BCUT2D eigenvalue weighted by atomic mass is 79.9. The molecule has 2 rings (SSSR count). The van der Waals surface area contributed by atoms with Crippen molar-refractivity contribution in [3.63, 3.8) is 0 Å². The summed E-state index contributed by atoms with van der Waals surface area (Å²) in [5, 5.41) is 3.96. The van der Waals surface area contributed by atoms with Gasteiger partial charge in [0.05, 0.1) is 6.61 Å². The van der Waals surface area contributed by atoms with Gasteiger partial charge in [0, 0.05) is 35.3 Å². The number of hydrogen-bond donors (Lipinski definition) is 1. The van der Waals surface area contributed by atoms with Gasteiger partial charge in [-0.15, -0.1) is 0 Å². The summed E-state index contributed by atoms with van der Waals surface area (Å²) in [6.45, 7) is 2.16. The van der Waals surface area contributed by atoms with Crippen molar-refractivity contribution in [3.05, 3.63) is 57.5 Å². The van der Waals surface area contributed by atoms with Crippen molar-refractivity contribution in [3.8, 4) is 11.5 Å². The first-order valence-electron chi connectivity index (χ1n) is 6.60. The van der Waals surface area contributed by atoms with Crippen molar-refractivity contribution >= 4 is 27.5 Å². The molecule has 0 aliphatic rings. The van der Waals surface area contributed by atoms with Crippen molar-refractivity contribution in [1.82, 2.24) is 5.32 Å². The molecular weight excluding hydrogens is 354 g/mol. The minimum atomic E-state index is 0.653. The summed E-state index contributed by atoms with van der Waals surface area (Å²) in [7, 11) is 1.69. The van der Waals surface area contributed by atoms with E-state index in [1.54, 1.807) is 7.11 Å². The number of methoxy groups -OCH3 is 1. The van der Waals surface area contributed by atoms with E-state index in [1.165, 1.54) is 0 Å². The van der Waals surface area contributed by atoms with Gasteiger partial charge in [0.25, 0.3) is 0 Å². The predicted molar refractivity (Wildman–Crippen MR) is 89.3 cm³/mol. The molecule has 3 nitrogen and oxygen atoms in total. The molecule has 0 heterocycles. The Balaban J connectivity index is 2.11. The number of hydrogen-bond acceptors (Lipinski definition) is 3. The predicted octanol–water partition coefficient (Wildman–Crippen LogP) is 4.63. The fraction of sp³-hybridized carbons (Fsp3) is 0.250. The lowest BCUT2D eigenvalue weighted by atomic mass is 10.2. The molecule has 5 heteroatoms. The standard InChI is InChI=1S/C16H17BrClNO2/c1-20-8-7-19-11-12-5-6-14(18)10-16(12)21-15-4-2-3-13(17)9-15/h2-6,9-10,19H,7-8,11H2,1H3. The lowest BCUT2D eigenvalue weighted by molar-refractivity contribution is 0.199. The van der Waals surface area contributed by atoms with Crippen LogP contribution in [0.25, 0.3) is 0 Å². The van der Waals surface area contributed by atoms with Crippen LogP contribution >= 0.6 is 27.5 Å². The molecule has 0 aliphatic heterocycles. The molecule has 0 bridgehead atoms. The molecule has 112 valence electrons. The van der Waals surface area contributed by atoms with Gasteiger partial charge in [-0.2, -0.15) is 0 Å². The van der Waals surface area contributed by atoms with E-state index in [-0.39, 0.29) is 0 Å². The zero-order valence-corrected chi connectivity index (χ0v) is 14.1. The van der Waals surface area contributed by atoms with E-state index in [2.05, 4.69) is 21.2 Å². The van der Waals surface area contributed by atoms with Gasteiger partial charge in [-0.05, 0) is 30.3 Å². The van der Waals surface area contributed by atoms with Crippen molar-refractivity contribution in [2.45, 2.75) is 6.54 Å². The maximum absolute atomic E-state index is 6.07. The molecule has 0 spiro atoms. The topological polar surface area (TPSA) is 30.5 Å². The first-order valence-corrected chi connectivity index (χ1v) is 7.77. The maximum atomic E-state index is 6.07. The van der Waals surface area contributed by atoms with E-state index in [1.807, 2.05) is 42.5 Å². The summed E-state index contributed by atoms with van der Waals surface area (Å²) in [6, 6.07) is 13.4. The van der Waals surface area contributed by atoms with Crippen molar-refractivity contribution in [2.75, 3.05) is 20.3 Å². The van der Waals surface area contributed by atoms with E-state index in [9.17, 15) is 0 Å².